The average molecular weight is 389 g/mol. The Labute approximate surface area is 166 Å². The first kappa shape index (κ1) is 19.8. The highest BCUT2D eigenvalue weighted by atomic mass is 35.5. The van der Waals surface area contributed by atoms with Gasteiger partial charge in [-0.2, -0.15) is 0 Å². The zero-order valence-corrected chi connectivity index (χ0v) is 16.9. The third-order valence-electron chi connectivity index (χ3n) is 5.05. The Balaban J connectivity index is 1.68. The highest BCUT2D eigenvalue weighted by Crippen LogP contribution is 2.35. The van der Waals surface area contributed by atoms with Gasteiger partial charge in [0.1, 0.15) is 12.3 Å². The summed E-state index contributed by atoms with van der Waals surface area (Å²) in [6.45, 7) is 5.41. The molecule has 1 aromatic heterocycles. The minimum absolute atomic E-state index is 0.359. The number of hydrogen-bond acceptors (Lipinski definition) is 3. The molecule has 0 amide bonds. The van der Waals surface area contributed by atoms with Crippen molar-refractivity contribution in [2.45, 2.75) is 32.4 Å². The lowest BCUT2D eigenvalue weighted by atomic mass is 9.85. The van der Waals surface area contributed by atoms with Crippen molar-refractivity contribution in [3.63, 3.8) is 0 Å². The Morgan fingerprint density at radius 1 is 1.30 bits per heavy atom. The van der Waals surface area contributed by atoms with Crippen molar-refractivity contribution in [2.75, 3.05) is 26.7 Å². The molecule has 1 saturated heterocycles. The Hall–Kier alpha value is -1.98. The molecule has 3 rings (SSSR count). The van der Waals surface area contributed by atoms with Crippen molar-refractivity contribution < 1.29 is 4.42 Å². The SMILES string of the molecule is CCNC(=NCc1ccco1)NCC1CCCN(C)C1c1cccc(Cl)c1. The van der Waals surface area contributed by atoms with Gasteiger partial charge in [-0.3, -0.25) is 4.90 Å². The first-order valence-electron chi connectivity index (χ1n) is 9.67. The van der Waals surface area contributed by atoms with E-state index in [0.29, 0.717) is 18.5 Å². The van der Waals surface area contributed by atoms with Crippen LogP contribution in [0.4, 0.5) is 0 Å². The highest BCUT2D eigenvalue weighted by Gasteiger charge is 2.30. The molecule has 146 valence electrons. The number of likely N-dealkylation sites (tertiary alicyclic amines) is 1. The van der Waals surface area contributed by atoms with E-state index in [-0.39, 0.29) is 0 Å². The van der Waals surface area contributed by atoms with Gasteiger partial charge < -0.3 is 15.1 Å². The predicted molar refractivity (Wildman–Crippen MR) is 111 cm³/mol. The maximum atomic E-state index is 6.25. The number of aliphatic imine (C=N–C) groups is 1. The van der Waals surface area contributed by atoms with Crippen molar-refractivity contribution >= 4 is 17.6 Å². The van der Waals surface area contributed by atoms with Gasteiger partial charge in [0.25, 0.3) is 0 Å². The first-order chi connectivity index (χ1) is 13.2. The van der Waals surface area contributed by atoms with E-state index >= 15 is 0 Å². The highest BCUT2D eigenvalue weighted by molar-refractivity contribution is 6.30. The molecule has 2 unspecified atom stereocenters. The standard InChI is InChI=1S/C21H29ClN4O/c1-3-23-21(25-15-19-10-6-12-27-19)24-14-17-8-5-11-26(2)20(17)16-7-4-9-18(22)13-16/h4,6-7,9-10,12-13,17,20H,3,5,8,11,14-15H2,1-2H3,(H2,23,24,25). The summed E-state index contributed by atoms with van der Waals surface area (Å²) < 4.78 is 5.37. The van der Waals surface area contributed by atoms with E-state index in [1.807, 2.05) is 24.3 Å². The summed E-state index contributed by atoms with van der Waals surface area (Å²) in [6.07, 6.45) is 4.07. The molecule has 1 aromatic carbocycles. The normalized spacial score (nSPS) is 21.2. The van der Waals surface area contributed by atoms with Crippen LogP contribution in [0.25, 0.3) is 0 Å². The van der Waals surface area contributed by atoms with E-state index in [4.69, 9.17) is 16.0 Å². The first-order valence-corrected chi connectivity index (χ1v) is 10.1. The molecule has 1 aliphatic heterocycles. The number of halogens is 1. The van der Waals surface area contributed by atoms with Crippen LogP contribution in [-0.2, 0) is 6.54 Å². The fourth-order valence-corrected chi connectivity index (χ4v) is 4.02. The number of guanidine groups is 1. The average Bonchev–Trinajstić information content (AvgIpc) is 3.17. The predicted octanol–water partition coefficient (Wildman–Crippen LogP) is 4.07. The van der Waals surface area contributed by atoms with Gasteiger partial charge >= 0.3 is 0 Å². The molecule has 0 saturated carbocycles. The van der Waals surface area contributed by atoms with Crippen LogP contribution in [0, 0.1) is 5.92 Å². The van der Waals surface area contributed by atoms with Crippen molar-refractivity contribution in [3.05, 3.63) is 59.0 Å². The molecule has 2 heterocycles. The molecule has 6 heteroatoms. The minimum atomic E-state index is 0.359. The van der Waals surface area contributed by atoms with Gasteiger partial charge in [-0.05, 0) is 69.1 Å². The molecule has 0 aliphatic carbocycles. The van der Waals surface area contributed by atoms with Crippen LogP contribution >= 0.6 is 11.6 Å². The maximum Gasteiger partial charge on any atom is 0.191 e. The van der Waals surface area contributed by atoms with Gasteiger partial charge in [0.2, 0.25) is 0 Å². The van der Waals surface area contributed by atoms with Crippen molar-refractivity contribution in [3.8, 4) is 0 Å². The summed E-state index contributed by atoms with van der Waals surface area (Å²) in [5.74, 6) is 2.18. The molecule has 1 fully saturated rings. The molecule has 1 aliphatic rings. The summed E-state index contributed by atoms with van der Waals surface area (Å²) >= 11 is 6.25. The molecule has 0 spiro atoms. The second kappa shape index (κ2) is 9.81. The third kappa shape index (κ3) is 5.50. The van der Waals surface area contributed by atoms with Gasteiger partial charge in [0.15, 0.2) is 5.96 Å². The van der Waals surface area contributed by atoms with Gasteiger partial charge in [-0.25, -0.2) is 4.99 Å². The molecule has 2 atom stereocenters. The third-order valence-corrected chi connectivity index (χ3v) is 5.28. The second-order valence-electron chi connectivity index (χ2n) is 7.04. The van der Waals surface area contributed by atoms with E-state index in [1.54, 1.807) is 6.26 Å². The lowest BCUT2D eigenvalue weighted by Gasteiger charge is -2.40. The molecule has 5 nitrogen and oxygen atoms in total. The Morgan fingerprint density at radius 3 is 2.93 bits per heavy atom. The molecule has 2 N–H and O–H groups in total. The van der Waals surface area contributed by atoms with Crippen LogP contribution in [0.2, 0.25) is 5.02 Å². The van der Waals surface area contributed by atoms with Gasteiger partial charge in [-0.1, -0.05) is 23.7 Å². The second-order valence-corrected chi connectivity index (χ2v) is 7.47. The Bertz CT molecular complexity index is 732. The smallest absolute Gasteiger partial charge is 0.191 e. The van der Waals surface area contributed by atoms with Crippen molar-refractivity contribution in [1.29, 1.82) is 0 Å². The topological polar surface area (TPSA) is 52.8 Å². The van der Waals surface area contributed by atoms with Crippen molar-refractivity contribution in [2.24, 2.45) is 10.9 Å². The van der Waals surface area contributed by atoms with Crippen LogP contribution in [0.3, 0.4) is 0 Å². The summed E-state index contributed by atoms with van der Waals surface area (Å²) in [7, 11) is 2.20. The minimum Gasteiger partial charge on any atom is -0.467 e. The van der Waals surface area contributed by atoms with E-state index in [9.17, 15) is 0 Å². The number of furan rings is 1. The van der Waals surface area contributed by atoms with E-state index in [2.05, 4.69) is 46.6 Å². The molecule has 0 bridgehead atoms. The van der Waals surface area contributed by atoms with Gasteiger partial charge in [-0.15, -0.1) is 0 Å². The number of rotatable bonds is 6. The molecule has 27 heavy (non-hydrogen) atoms. The monoisotopic (exact) mass is 388 g/mol. The van der Waals surface area contributed by atoms with Crippen molar-refractivity contribution in [1.82, 2.24) is 15.5 Å². The Morgan fingerprint density at radius 2 is 2.19 bits per heavy atom. The fraction of sp³-hybridized carbons (Fsp3) is 0.476. The Kier molecular flexibility index (Phi) is 7.18. The van der Waals surface area contributed by atoms with E-state index in [0.717, 1.165) is 36.4 Å². The van der Waals surface area contributed by atoms with Gasteiger partial charge in [0.05, 0.1) is 6.26 Å². The van der Waals surface area contributed by atoms with Crippen LogP contribution in [0.5, 0.6) is 0 Å². The summed E-state index contributed by atoms with van der Waals surface area (Å²) in [4.78, 5) is 7.08. The number of piperidine rings is 1. The lowest BCUT2D eigenvalue weighted by Crippen LogP contribution is -2.45. The van der Waals surface area contributed by atoms with Gasteiger partial charge in [0, 0.05) is 24.2 Å². The summed E-state index contributed by atoms with van der Waals surface area (Å²) in [5.41, 5.74) is 1.29. The van der Waals surface area contributed by atoms with Crippen LogP contribution in [-0.4, -0.2) is 37.5 Å². The van der Waals surface area contributed by atoms with Crippen LogP contribution in [0.1, 0.15) is 37.1 Å². The van der Waals surface area contributed by atoms with Crippen LogP contribution in [0.15, 0.2) is 52.1 Å². The van der Waals surface area contributed by atoms with Crippen LogP contribution < -0.4 is 10.6 Å². The quantitative estimate of drug-likeness (QED) is 0.578. The zero-order chi connectivity index (χ0) is 19.1. The number of benzene rings is 1. The fourth-order valence-electron chi connectivity index (χ4n) is 3.82. The lowest BCUT2D eigenvalue weighted by molar-refractivity contribution is 0.122. The summed E-state index contributed by atoms with van der Waals surface area (Å²) in [6, 6.07) is 12.4. The molecular weight excluding hydrogens is 360 g/mol. The van der Waals surface area contributed by atoms with E-state index in [1.165, 1.54) is 18.4 Å². The molecule has 2 aromatic rings. The number of nitrogens with zero attached hydrogens (tertiary/aromatic N) is 2. The zero-order valence-electron chi connectivity index (χ0n) is 16.1. The van der Waals surface area contributed by atoms with E-state index < -0.39 is 0 Å². The number of hydrogen-bond donors (Lipinski definition) is 2. The largest absolute Gasteiger partial charge is 0.467 e. The summed E-state index contributed by atoms with van der Waals surface area (Å²) in [5, 5.41) is 7.65. The number of nitrogens with one attached hydrogen (secondary N) is 2. The molecular formula is C21H29ClN4O. The molecule has 0 radical (unpaired) electrons. The maximum absolute atomic E-state index is 6.25.